The summed E-state index contributed by atoms with van der Waals surface area (Å²) in [5, 5.41) is 9.63. The van der Waals surface area contributed by atoms with Gasteiger partial charge in [0.05, 0.1) is 28.8 Å². The molecule has 3 fully saturated rings. The second kappa shape index (κ2) is 11.1. The van der Waals surface area contributed by atoms with Crippen LogP contribution in [0.1, 0.15) is 52.4 Å². The van der Waals surface area contributed by atoms with Crippen LogP contribution < -0.4 is 4.90 Å². The molecule has 1 aromatic carbocycles. The van der Waals surface area contributed by atoms with Gasteiger partial charge in [-0.1, -0.05) is 36.7 Å². The number of unbranched alkanes of at least 4 members (excludes halogenated alkanes) is 2. The van der Waals surface area contributed by atoms with Crippen LogP contribution in [0.5, 0.6) is 0 Å². The zero-order valence-corrected chi connectivity index (χ0v) is 22.4. The van der Waals surface area contributed by atoms with E-state index in [1.165, 1.54) is 0 Å². The fourth-order valence-corrected chi connectivity index (χ4v) is 6.89. The van der Waals surface area contributed by atoms with Crippen molar-refractivity contribution in [2.45, 2.75) is 69.6 Å². The van der Waals surface area contributed by atoms with E-state index in [1.54, 1.807) is 47.1 Å². The Morgan fingerprint density at radius 3 is 2.68 bits per heavy atom. The predicted octanol–water partition coefficient (Wildman–Crippen LogP) is 3.74. The molecule has 0 saturated carbocycles. The number of rotatable bonds is 12. The summed E-state index contributed by atoms with van der Waals surface area (Å²) in [5.74, 6) is -2.53. The summed E-state index contributed by atoms with van der Waals surface area (Å²) in [6.07, 6.45) is 5.18. The summed E-state index contributed by atoms with van der Waals surface area (Å²) in [7, 11) is 0. The number of hydrogen-bond acceptors (Lipinski definition) is 6. The molecular weight excluding hydrogens is 496 g/mol. The number of nitrogens with zero attached hydrogens (tertiary/aromatic N) is 2. The normalized spacial score (nSPS) is 29.9. The van der Waals surface area contributed by atoms with Crippen molar-refractivity contribution in [3.8, 4) is 0 Å². The molecule has 1 spiro atoms. The molecule has 0 radical (unpaired) electrons. The number of ether oxygens (including phenoxy) is 2. The zero-order valence-electron chi connectivity index (χ0n) is 21.7. The van der Waals surface area contributed by atoms with Gasteiger partial charge in [0.1, 0.15) is 17.6 Å². The summed E-state index contributed by atoms with van der Waals surface area (Å²) in [6.45, 7) is 8.32. The van der Waals surface area contributed by atoms with Gasteiger partial charge in [-0.05, 0) is 57.6 Å². The van der Waals surface area contributed by atoms with Gasteiger partial charge in [0.15, 0.2) is 0 Å². The number of aliphatic hydroxyl groups excluding tert-OH is 1. The van der Waals surface area contributed by atoms with Crippen molar-refractivity contribution >= 4 is 35.1 Å². The third-order valence-corrected chi connectivity index (χ3v) is 8.55. The van der Waals surface area contributed by atoms with Crippen molar-refractivity contribution in [1.29, 1.82) is 0 Å². The van der Waals surface area contributed by atoms with Crippen molar-refractivity contribution in [2.24, 2.45) is 11.8 Å². The molecule has 0 aliphatic carbocycles. The van der Waals surface area contributed by atoms with Gasteiger partial charge >= 0.3 is 5.97 Å². The third kappa shape index (κ3) is 4.47. The molecule has 3 aliphatic heterocycles. The number of fused-ring (bicyclic) bond motifs is 1. The Hall–Kier alpha value is -2.42. The fraction of sp³-hybridized carbons (Fsp3) is 0.607. The summed E-state index contributed by atoms with van der Waals surface area (Å²) >= 11 is 6.50. The van der Waals surface area contributed by atoms with E-state index in [4.69, 9.17) is 21.1 Å². The van der Waals surface area contributed by atoms with Gasteiger partial charge in [-0.25, -0.2) is 0 Å². The van der Waals surface area contributed by atoms with Crippen LogP contribution in [-0.2, 0) is 23.9 Å². The number of aliphatic hydroxyl groups is 1. The lowest BCUT2D eigenvalue weighted by Gasteiger charge is -2.37. The molecule has 4 rings (SSSR count). The zero-order chi connectivity index (χ0) is 26.8. The average Bonchev–Trinajstić information content (AvgIpc) is 3.49. The minimum atomic E-state index is -1.13. The molecule has 2 amide bonds. The van der Waals surface area contributed by atoms with Crippen molar-refractivity contribution in [1.82, 2.24) is 4.90 Å². The van der Waals surface area contributed by atoms with Crippen molar-refractivity contribution in [3.05, 3.63) is 41.9 Å². The van der Waals surface area contributed by atoms with Crippen LogP contribution in [0.2, 0.25) is 5.02 Å². The van der Waals surface area contributed by atoms with E-state index < -0.39 is 35.0 Å². The molecule has 37 heavy (non-hydrogen) atoms. The smallest absolute Gasteiger partial charge is 0.312 e. The topological polar surface area (TPSA) is 96.4 Å². The number of benzene rings is 1. The summed E-state index contributed by atoms with van der Waals surface area (Å²) in [5.41, 5.74) is -1.43. The highest BCUT2D eigenvalue weighted by Crippen LogP contribution is 2.64. The maximum atomic E-state index is 14.4. The number of anilines is 1. The molecule has 3 saturated heterocycles. The van der Waals surface area contributed by atoms with Gasteiger partial charge in [-0.15, -0.1) is 6.58 Å². The van der Waals surface area contributed by atoms with E-state index >= 15 is 0 Å². The molecule has 1 N–H and O–H groups in total. The highest BCUT2D eigenvalue weighted by molar-refractivity contribution is 6.34. The standard InChI is InChI=1S/C28H37ClN2O6/c1-4-16-30(20-13-9-8-12-19(20)29)25(34)23-28-15-14-27(5-2,37-28)22(26(35)36-6-3)21(28)24(33)31(23)17-10-7-11-18-32/h4,8-9,12-13,21-23,32H,1,5-7,10-11,14-18H2,2-3H3/t21-,22-,23?,27+,28?/m0/s1. The Morgan fingerprint density at radius 1 is 1.27 bits per heavy atom. The summed E-state index contributed by atoms with van der Waals surface area (Å²) in [6, 6.07) is 6.17. The summed E-state index contributed by atoms with van der Waals surface area (Å²) in [4.78, 5) is 44.9. The van der Waals surface area contributed by atoms with Gasteiger partial charge in [0.25, 0.3) is 5.91 Å². The van der Waals surface area contributed by atoms with Crippen LogP contribution in [0, 0.1) is 11.8 Å². The molecule has 9 heteroatoms. The van der Waals surface area contributed by atoms with Crippen molar-refractivity contribution in [2.75, 3.05) is 31.2 Å². The van der Waals surface area contributed by atoms with E-state index in [0.717, 1.165) is 0 Å². The first-order chi connectivity index (χ1) is 17.8. The SMILES string of the molecule is C=CCN(C(=O)C1N(CCCCCO)C(=O)[C@@H]2[C@@H](C(=O)OCC)[C@@]3(CC)CCC12O3)c1ccccc1Cl. The Labute approximate surface area is 223 Å². The summed E-state index contributed by atoms with van der Waals surface area (Å²) < 4.78 is 12.2. The number of carbonyl (C=O) groups excluding carboxylic acids is 3. The lowest BCUT2D eigenvalue weighted by atomic mass is 9.65. The highest BCUT2D eigenvalue weighted by Gasteiger charge is 2.79. The molecule has 2 bridgehead atoms. The number of halogens is 1. The van der Waals surface area contributed by atoms with E-state index in [9.17, 15) is 19.5 Å². The Morgan fingerprint density at radius 2 is 2.03 bits per heavy atom. The second-order valence-corrected chi connectivity index (χ2v) is 10.5. The largest absolute Gasteiger partial charge is 0.466 e. The van der Waals surface area contributed by atoms with Gasteiger partial charge in [-0.2, -0.15) is 0 Å². The van der Waals surface area contributed by atoms with Crippen molar-refractivity contribution < 1.29 is 29.0 Å². The number of esters is 1. The van der Waals surface area contributed by atoms with E-state index in [0.29, 0.717) is 55.8 Å². The molecule has 5 atom stereocenters. The van der Waals surface area contributed by atoms with Crippen LogP contribution in [0.25, 0.3) is 0 Å². The Balaban J connectivity index is 1.79. The van der Waals surface area contributed by atoms with Crippen LogP contribution in [-0.4, -0.2) is 71.3 Å². The first-order valence-electron chi connectivity index (χ1n) is 13.3. The van der Waals surface area contributed by atoms with Crippen LogP contribution >= 0.6 is 11.6 Å². The van der Waals surface area contributed by atoms with Gasteiger partial charge in [-0.3, -0.25) is 14.4 Å². The monoisotopic (exact) mass is 532 g/mol. The predicted molar refractivity (Wildman–Crippen MR) is 140 cm³/mol. The molecular formula is C28H37ClN2O6. The van der Waals surface area contributed by atoms with Gasteiger partial charge in [0, 0.05) is 19.7 Å². The van der Waals surface area contributed by atoms with Gasteiger partial charge in [0.2, 0.25) is 5.91 Å². The Kier molecular flexibility index (Phi) is 8.31. The fourth-order valence-electron chi connectivity index (χ4n) is 6.65. The molecule has 3 aliphatic rings. The molecule has 202 valence electrons. The molecule has 2 unspecified atom stereocenters. The molecule has 0 aromatic heterocycles. The number of carbonyl (C=O) groups is 3. The number of hydrogen-bond donors (Lipinski definition) is 1. The van der Waals surface area contributed by atoms with E-state index in [2.05, 4.69) is 6.58 Å². The number of para-hydroxylation sites is 1. The molecule has 8 nitrogen and oxygen atoms in total. The average molecular weight is 533 g/mol. The number of amides is 2. The van der Waals surface area contributed by atoms with Gasteiger partial charge < -0.3 is 24.4 Å². The first-order valence-corrected chi connectivity index (χ1v) is 13.6. The minimum absolute atomic E-state index is 0.0650. The van der Waals surface area contributed by atoms with Crippen molar-refractivity contribution in [3.63, 3.8) is 0 Å². The lowest BCUT2D eigenvalue weighted by Crippen LogP contribution is -2.56. The van der Waals surface area contributed by atoms with Crippen LogP contribution in [0.4, 0.5) is 5.69 Å². The Bertz CT molecular complexity index is 1050. The van der Waals surface area contributed by atoms with Crippen LogP contribution in [0.15, 0.2) is 36.9 Å². The second-order valence-electron chi connectivity index (χ2n) is 10.1. The third-order valence-electron chi connectivity index (χ3n) is 8.23. The van der Waals surface area contributed by atoms with Crippen LogP contribution in [0.3, 0.4) is 0 Å². The molecule has 1 aromatic rings. The maximum Gasteiger partial charge on any atom is 0.312 e. The highest BCUT2D eigenvalue weighted by atomic mass is 35.5. The molecule has 3 heterocycles. The quantitative estimate of drug-likeness (QED) is 0.250. The maximum absolute atomic E-state index is 14.4. The number of likely N-dealkylation sites (tertiary alicyclic amines) is 1. The first kappa shape index (κ1) is 27.6. The minimum Gasteiger partial charge on any atom is -0.466 e. The van der Waals surface area contributed by atoms with E-state index in [1.807, 2.05) is 6.92 Å². The van der Waals surface area contributed by atoms with E-state index in [-0.39, 0.29) is 31.6 Å². The lowest BCUT2D eigenvalue weighted by molar-refractivity contribution is -0.160.